The Bertz CT molecular complexity index is 2430. The third-order valence-corrected chi connectivity index (χ3v) is 11.1. The number of hydrogen-bond donors (Lipinski definition) is 4. The van der Waals surface area contributed by atoms with Crippen LogP contribution in [0.1, 0.15) is 90.6 Å². The summed E-state index contributed by atoms with van der Waals surface area (Å²) in [7, 11) is 0. The molecule has 4 bridgehead atoms. The number of carbonyl (C=O) groups is 4. The maximum atomic E-state index is 14.6. The number of fused-ring (bicyclic) bond motifs is 8. The largest absolute Gasteiger partial charge is 0.503 e. The molecule has 14 nitrogen and oxygen atoms in total. The summed E-state index contributed by atoms with van der Waals surface area (Å²) in [6.07, 6.45) is 0.325. The Morgan fingerprint density at radius 1 is 0.597 bits per heavy atom. The summed E-state index contributed by atoms with van der Waals surface area (Å²) in [6.45, 7) is -0.827. The van der Waals surface area contributed by atoms with E-state index >= 15 is 0 Å². The maximum Gasteiger partial charge on any atom is 0.274 e. The molecule has 0 radical (unpaired) electrons. The van der Waals surface area contributed by atoms with Crippen LogP contribution in [-0.4, -0.2) is 91.3 Å². The van der Waals surface area contributed by atoms with Crippen molar-refractivity contribution < 1.29 is 64.5 Å². The third-order valence-electron chi connectivity index (χ3n) is 11.1. The molecule has 22 heteroatoms. The first-order valence-electron chi connectivity index (χ1n) is 19.0. The Labute approximate surface area is 344 Å². The van der Waals surface area contributed by atoms with Gasteiger partial charge in [-0.3, -0.25) is 28.8 Å². The predicted molar refractivity (Wildman–Crippen MR) is 198 cm³/mol. The van der Waals surface area contributed by atoms with Crippen LogP contribution >= 0.6 is 0 Å². The summed E-state index contributed by atoms with van der Waals surface area (Å²) in [6, 6.07) is -0.0472. The molecular weight excluding hydrogens is 844 g/mol. The van der Waals surface area contributed by atoms with Crippen LogP contribution in [0.15, 0.2) is 46.2 Å². The van der Waals surface area contributed by atoms with E-state index in [-0.39, 0.29) is 39.0 Å². The van der Waals surface area contributed by atoms with Crippen LogP contribution in [0.2, 0.25) is 0 Å². The molecule has 2 aromatic heterocycles. The van der Waals surface area contributed by atoms with E-state index in [4.69, 9.17) is 0 Å². The van der Waals surface area contributed by atoms with Gasteiger partial charge in [-0.15, -0.1) is 0 Å². The first kappa shape index (κ1) is 43.4. The normalized spacial score (nSPS) is 20.3. The lowest BCUT2D eigenvalue weighted by Crippen LogP contribution is -2.46. The fourth-order valence-corrected chi connectivity index (χ4v) is 7.91. The van der Waals surface area contributed by atoms with Crippen molar-refractivity contribution in [1.82, 2.24) is 29.6 Å². The molecule has 8 rings (SSSR count). The Hall–Kier alpha value is -6.74. The number of hydrogen-bond acceptors (Lipinski definition) is 8. The highest BCUT2D eigenvalue weighted by molar-refractivity contribution is 6.00. The van der Waals surface area contributed by atoms with Crippen molar-refractivity contribution in [2.75, 3.05) is 26.2 Å². The van der Waals surface area contributed by atoms with Gasteiger partial charge in [-0.2, -0.15) is 0 Å². The Balaban J connectivity index is 0.000000186. The van der Waals surface area contributed by atoms with Gasteiger partial charge in [0.1, 0.15) is 58.4 Å². The van der Waals surface area contributed by atoms with Gasteiger partial charge in [0, 0.05) is 87.1 Å². The van der Waals surface area contributed by atoms with Crippen LogP contribution in [0.3, 0.4) is 0 Å². The summed E-state index contributed by atoms with van der Waals surface area (Å²) in [5, 5.41) is 24.9. The number of carbonyl (C=O) groups excluding carboxylic acids is 4. The van der Waals surface area contributed by atoms with E-state index in [9.17, 15) is 74.1 Å². The molecule has 4 amide bonds. The van der Waals surface area contributed by atoms with Gasteiger partial charge < -0.3 is 39.8 Å². The molecule has 2 aromatic carbocycles. The number of aromatic hydroxyl groups is 2. The lowest BCUT2D eigenvalue weighted by Gasteiger charge is -2.35. The molecular formula is C40H34F8N6O8. The van der Waals surface area contributed by atoms with Crippen LogP contribution in [-0.2, 0) is 13.1 Å². The molecule has 4 atom stereocenters. The molecule has 0 aliphatic carbocycles. The number of aromatic nitrogens is 2. The fourth-order valence-electron chi connectivity index (χ4n) is 7.91. The van der Waals surface area contributed by atoms with Crippen molar-refractivity contribution in [3.8, 4) is 11.5 Å². The van der Waals surface area contributed by atoms with Crippen molar-refractivity contribution in [3.05, 3.63) is 126 Å². The lowest BCUT2D eigenvalue weighted by molar-refractivity contribution is 0.0638. The first-order chi connectivity index (χ1) is 29.4. The van der Waals surface area contributed by atoms with E-state index in [1.807, 2.05) is 0 Å². The zero-order valence-corrected chi connectivity index (χ0v) is 32.0. The minimum atomic E-state index is -1.38. The monoisotopic (exact) mass is 878 g/mol. The van der Waals surface area contributed by atoms with Crippen molar-refractivity contribution in [3.63, 3.8) is 0 Å². The highest BCUT2D eigenvalue weighted by atomic mass is 19.2. The average molecular weight is 879 g/mol. The summed E-state index contributed by atoms with van der Waals surface area (Å²) >= 11 is 0. The van der Waals surface area contributed by atoms with Gasteiger partial charge in [0.2, 0.25) is 10.9 Å². The third kappa shape index (κ3) is 7.95. The van der Waals surface area contributed by atoms with E-state index in [0.29, 0.717) is 37.1 Å². The van der Waals surface area contributed by atoms with Crippen LogP contribution in [0, 0.1) is 34.9 Å². The van der Waals surface area contributed by atoms with Crippen molar-refractivity contribution in [2.24, 2.45) is 0 Å². The van der Waals surface area contributed by atoms with Gasteiger partial charge in [0.15, 0.2) is 22.9 Å². The van der Waals surface area contributed by atoms with Crippen LogP contribution in [0.5, 0.6) is 11.5 Å². The Morgan fingerprint density at radius 2 is 0.935 bits per heavy atom. The smallest absolute Gasteiger partial charge is 0.274 e. The van der Waals surface area contributed by atoms with E-state index in [1.165, 1.54) is 9.80 Å². The van der Waals surface area contributed by atoms with E-state index < -0.39 is 152 Å². The van der Waals surface area contributed by atoms with Crippen LogP contribution in [0.4, 0.5) is 35.1 Å². The fraction of sp³-hybridized carbons (Fsp3) is 0.350. The topological polar surface area (TPSA) is 183 Å². The quantitative estimate of drug-likeness (QED) is 0.209. The Kier molecular flexibility index (Phi) is 11.9. The van der Waals surface area contributed by atoms with Gasteiger partial charge in [0.25, 0.3) is 23.6 Å². The minimum absolute atomic E-state index is 0.0162. The number of amides is 4. The molecule has 328 valence electrons. The molecule has 0 saturated carbocycles. The molecule has 2 saturated heterocycles. The first-order valence-corrected chi connectivity index (χ1v) is 19.0. The van der Waals surface area contributed by atoms with Crippen LogP contribution < -0.4 is 21.5 Å². The number of pyridine rings is 2. The van der Waals surface area contributed by atoms with E-state index in [2.05, 4.69) is 10.6 Å². The second-order valence-corrected chi connectivity index (χ2v) is 15.0. The molecule has 62 heavy (non-hydrogen) atoms. The highest BCUT2D eigenvalue weighted by Crippen LogP contribution is 2.35. The number of benzene rings is 2. The zero-order valence-electron chi connectivity index (χ0n) is 32.0. The number of alkyl halides is 2. The van der Waals surface area contributed by atoms with Crippen molar-refractivity contribution >= 4 is 23.6 Å². The van der Waals surface area contributed by atoms with Crippen molar-refractivity contribution in [2.45, 2.75) is 63.2 Å². The number of rotatable bonds is 6. The summed E-state index contributed by atoms with van der Waals surface area (Å²) in [5.74, 6) is -12.7. The van der Waals surface area contributed by atoms with Gasteiger partial charge >= 0.3 is 0 Å². The second-order valence-electron chi connectivity index (χ2n) is 15.0. The summed E-state index contributed by atoms with van der Waals surface area (Å²) in [5.41, 5.74) is -5.66. The van der Waals surface area contributed by atoms with Gasteiger partial charge in [-0.25, -0.2) is 35.1 Å². The van der Waals surface area contributed by atoms with Gasteiger partial charge in [0.05, 0.1) is 12.1 Å². The maximum absolute atomic E-state index is 14.6. The van der Waals surface area contributed by atoms with E-state index in [0.717, 1.165) is 21.5 Å². The molecule has 6 heterocycles. The Morgan fingerprint density at radius 3 is 1.27 bits per heavy atom. The predicted octanol–water partition coefficient (Wildman–Crippen LogP) is 4.06. The molecule has 2 fully saturated rings. The second kappa shape index (κ2) is 17.0. The van der Waals surface area contributed by atoms with Gasteiger partial charge in [-0.1, -0.05) is 0 Å². The standard InChI is InChI=1S/2C20H17F4N3O4/c2*21-9-4-13(23)10(14(24)5-9)6-25-19(30)11-7-27-15-8-26(3-1-2-12(15)22)20(31)16(27)18(29)17(11)28/h2*4-5,7,12,15,29H,1-3,6,8H2,(H,25,30). The summed E-state index contributed by atoms with van der Waals surface area (Å²) in [4.78, 5) is 78.0. The molecule has 4 aromatic rings. The number of nitrogens with zero attached hydrogens (tertiary/aromatic N) is 4. The van der Waals surface area contributed by atoms with Crippen molar-refractivity contribution in [1.29, 1.82) is 0 Å². The van der Waals surface area contributed by atoms with E-state index in [1.54, 1.807) is 0 Å². The molecule has 0 spiro atoms. The lowest BCUT2D eigenvalue weighted by atomic mass is 10.0. The highest BCUT2D eigenvalue weighted by Gasteiger charge is 2.42. The zero-order chi connectivity index (χ0) is 44.9. The van der Waals surface area contributed by atoms with Crippen LogP contribution in [0.25, 0.3) is 0 Å². The molecule has 4 N–H and O–H groups in total. The average Bonchev–Trinajstić information content (AvgIpc) is 3.49. The molecule has 4 aliphatic rings. The number of halogens is 8. The minimum Gasteiger partial charge on any atom is -0.503 e. The van der Waals surface area contributed by atoms with Gasteiger partial charge in [-0.05, 0) is 25.7 Å². The number of nitrogens with one attached hydrogen (secondary N) is 2. The molecule has 4 unspecified atom stereocenters. The summed E-state index contributed by atoms with van der Waals surface area (Å²) < 4.78 is 113. The SMILES string of the molecule is O=C(NCc1c(F)cc(F)cc1F)c1cn2c(c(O)c1=O)C(=O)N1CCCC(F)C2C1.O=C(NCc1c(F)cc(F)cc1F)c1cn2c(c(O)c1=O)C(=O)N1CCCC(F)C2C1. The molecule has 4 aliphatic heterocycles.